The Morgan fingerprint density at radius 2 is 2.05 bits per heavy atom. The number of nitriles is 1. The third-order valence-electron chi connectivity index (χ3n) is 4.13. The van der Waals surface area contributed by atoms with Crippen molar-refractivity contribution in [2.75, 3.05) is 11.4 Å². The minimum atomic E-state index is 0.607. The predicted octanol–water partition coefficient (Wildman–Crippen LogP) is 5.12. The summed E-state index contributed by atoms with van der Waals surface area (Å²) in [5, 5.41) is 9.46. The topological polar surface area (TPSA) is 27.0 Å². The lowest BCUT2D eigenvalue weighted by atomic mass is 10.1. The smallest absolute Gasteiger partial charge is 0.103 e. The molecule has 1 aliphatic carbocycles. The van der Waals surface area contributed by atoms with Crippen LogP contribution in [0.2, 0.25) is 0 Å². The Bertz CT molecular complexity index is 484. The average Bonchev–Trinajstić information content (AvgIpc) is 2.93. The second-order valence-electron chi connectivity index (χ2n) is 6.06. The molecule has 1 saturated carbocycles. The van der Waals surface area contributed by atoms with E-state index in [4.69, 9.17) is 0 Å². The van der Waals surface area contributed by atoms with Gasteiger partial charge in [0.05, 0.1) is 11.3 Å². The van der Waals surface area contributed by atoms with Gasteiger partial charge in [-0.1, -0.05) is 32.8 Å². The molecule has 0 atom stereocenters. The third kappa shape index (κ3) is 3.55. The van der Waals surface area contributed by atoms with Gasteiger partial charge in [0, 0.05) is 17.1 Å². The average molecular weight is 335 g/mol. The largest absolute Gasteiger partial charge is 0.367 e. The first kappa shape index (κ1) is 15.4. The lowest BCUT2D eigenvalue weighted by molar-refractivity contribution is 0.528. The molecule has 1 aliphatic rings. The Hall–Kier alpha value is -1.01. The molecule has 0 bridgehead atoms. The van der Waals surface area contributed by atoms with Crippen molar-refractivity contribution in [1.82, 2.24) is 0 Å². The van der Waals surface area contributed by atoms with E-state index in [1.807, 2.05) is 12.1 Å². The van der Waals surface area contributed by atoms with Crippen molar-refractivity contribution in [3.05, 3.63) is 28.2 Å². The van der Waals surface area contributed by atoms with E-state index in [9.17, 15) is 5.26 Å². The zero-order valence-electron chi connectivity index (χ0n) is 12.4. The van der Waals surface area contributed by atoms with Crippen LogP contribution in [0.5, 0.6) is 0 Å². The quantitative estimate of drug-likeness (QED) is 0.747. The minimum absolute atomic E-state index is 0.607. The standard InChI is InChI=1S/C17H23BrN2/c1-13(2)10-11-20(14-6-3-4-7-14)17-9-5-8-16(18)15(17)12-19/h5,8-9,13-14H,3-4,6-7,10-11H2,1-2H3. The number of nitrogens with zero attached hydrogens (tertiary/aromatic N) is 2. The van der Waals surface area contributed by atoms with Crippen molar-refractivity contribution in [3.63, 3.8) is 0 Å². The van der Waals surface area contributed by atoms with E-state index >= 15 is 0 Å². The first-order chi connectivity index (χ1) is 9.63. The Morgan fingerprint density at radius 1 is 1.35 bits per heavy atom. The number of hydrogen-bond acceptors (Lipinski definition) is 2. The van der Waals surface area contributed by atoms with Crippen LogP contribution < -0.4 is 4.90 Å². The molecule has 0 spiro atoms. The zero-order valence-corrected chi connectivity index (χ0v) is 14.0. The molecule has 0 aromatic heterocycles. The molecule has 2 nitrogen and oxygen atoms in total. The molecule has 0 aliphatic heterocycles. The van der Waals surface area contributed by atoms with E-state index in [0.717, 1.165) is 22.3 Å². The molecule has 1 fully saturated rings. The minimum Gasteiger partial charge on any atom is -0.367 e. The maximum absolute atomic E-state index is 9.46. The molecule has 2 rings (SSSR count). The van der Waals surface area contributed by atoms with Gasteiger partial charge in [-0.05, 0) is 53.2 Å². The van der Waals surface area contributed by atoms with Crippen LogP contribution in [0, 0.1) is 17.2 Å². The number of benzene rings is 1. The Labute approximate surface area is 130 Å². The third-order valence-corrected chi connectivity index (χ3v) is 4.79. The lowest BCUT2D eigenvalue weighted by Gasteiger charge is -2.32. The molecule has 0 saturated heterocycles. The highest BCUT2D eigenvalue weighted by Crippen LogP contribution is 2.33. The predicted molar refractivity (Wildman–Crippen MR) is 87.9 cm³/mol. The molecule has 20 heavy (non-hydrogen) atoms. The first-order valence-corrected chi connectivity index (χ1v) is 8.38. The van der Waals surface area contributed by atoms with Gasteiger partial charge in [0.2, 0.25) is 0 Å². The molecule has 0 radical (unpaired) electrons. The van der Waals surface area contributed by atoms with Crippen molar-refractivity contribution in [1.29, 1.82) is 5.26 Å². The molecule has 108 valence electrons. The second-order valence-corrected chi connectivity index (χ2v) is 6.91. The summed E-state index contributed by atoms with van der Waals surface area (Å²) >= 11 is 3.52. The number of hydrogen-bond donors (Lipinski definition) is 0. The van der Waals surface area contributed by atoms with Crippen LogP contribution in [0.15, 0.2) is 22.7 Å². The van der Waals surface area contributed by atoms with Gasteiger partial charge in [0.25, 0.3) is 0 Å². The zero-order chi connectivity index (χ0) is 14.5. The van der Waals surface area contributed by atoms with Crippen LogP contribution in [-0.4, -0.2) is 12.6 Å². The van der Waals surface area contributed by atoms with Gasteiger partial charge in [0.1, 0.15) is 6.07 Å². The van der Waals surface area contributed by atoms with Gasteiger partial charge in [-0.3, -0.25) is 0 Å². The molecule has 3 heteroatoms. The summed E-state index contributed by atoms with van der Waals surface area (Å²) in [4.78, 5) is 2.48. The van der Waals surface area contributed by atoms with E-state index in [1.165, 1.54) is 32.1 Å². The molecule has 1 aromatic rings. The van der Waals surface area contributed by atoms with Crippen LogP contribution in [0.1, 0.15) is 51.5 Å². The van der Waals surface area contributed by atoms with Crippen LogP contribution in [0.25, 0.3) is 0 Å². The summed E-state index contributed by atoms with van der Waals surface area (Å²) in [7, 11) is 0. The van der Waals surface area contributed by atoms with Crippen molar-refractivity contribution in [3.8, 4) is 6.07 Å². The summed E-state index contributed by atoms with van der Waals surface area (Å²) in [6, 6.07) is 9.07. The van der Waals surface area contributed by atoms with Crippen LogP contribution in [-0.2, 0) is 0 Å². The highest BCUT2D eigenvalue weighted by atomic mass is 79.9. The fourth-order valence-corrected chi connectivity index (χ4v) is 3.42. The SMILES string of the molecule is CC(C)CCN(c1cccc(Br)c1C#N)C1CCCC1. The first-order valence-electron chi connectivity index (χ1n) is 7.58. The van der Waals surface area contributed by atoms with Crippen LogP contribution in [0.3, 0.4) is 0 Å². The second kappa shape index (κ2) is 7.13. The van der Waals surface area contributed by atoms with E-state index in [0.29, 0.717) is 12.0 Å². The van der Waals surface area contributed by atoms with Gasteiger partial charge >= 0.3 is 0 Å². The van der Waals surface area contributed by atoms with Gasteiger partial charge in [0.15, 0.2) is 0 Å². The van der Waals surface area contributed by atoms with E-state index in [2.05, 4.69) is 46.8 Å². The Kier molecular flexibility index (Phi) is 5.48. The van der Waals surface area contributed by atoms with E-state index in [1.54, 1.807) is 0 Å². The van der Waals surface area contributed by atoms with Crippen molar-refractivity contribution < 1.29 is 0 Å². The Balaban J connectivity index is 2.30. The highest BCUT2D eigenvalue weighted by molar-refractivity contribution is 9.10. The molecule has 0 heterocycles. The molecular weight excluding hydrogens is 312 g/mol. The summed E-state index contributed by atoms with van der Waals surface area (Å²) < 4.78 is 0.907. The van der Waals surface area contributed by atoms with Crippen molar-refractivity contribution >= 4 is 21.6 Å². The monoisotopic (exact) mass is 334 g/mol. The van der Waals surface area contributed by atoms with Crippen molar-refractivity contribution in [2.24, 2.45) is 5.92 Å². The normalized spacial score (nSPS) is 15.6. The lowest BCUT2D eigenvalue weighted by Crippen LogP contribution is -2.35. The van der Waals surface area contributed by atoms with Crippen LogP contribution in [0.4, 0.5) is 5.69 Å². The number of rotatable bonds is 5. The Morgan fingerprint density at radius 3 is 2.65 bits per heavy atom. The van der Waals surface area contributed by atoms with E-state index in [-0.39, 0.29) is 0 Å². The maximum Gasteiger partial charge on any atom is 0.103 e. The number of anilines is 1. The number of halogens is 1. The summed E-state index contributed by atoms with van der Waals surface area (Å²) in [6.07, 6.45) is 6.33. The molecule has 1 aromatic carbocycles. The fourth-order valence-electron chi connectivity index (χ4n) is 2.98. The van der Waals surface area contributed by atoms with Gasteiger partial charge in [-0.2, -0.15) is 5.26 Å². The molecule has 0 amide bonds. The summed E-state index contributed by atoms with van der Waals surface area (Å²) in [5.41, 5.74) is 1.89. The molecule has 0 unspecified atom stereocenters. The van der Waals surface area contributed by atoms with Gasteiger partial charge in [-0.25, -0.2) is 0 Å². The van der Waals surface area contributed by atoms with Gasteiger partial charge < -0.3 is 4.90 Å². The van der Waals surface area contributed by atoms with E-state index < -0.39 is 0 Å². The van der Waals surface area contributed by atoms with Crippen molar-refractivity contribution in [2.45, 2.75) is 52.0 Å². The maximum atomic E-state index is 9.46. The molecular formula is C17H23BrN2. The summed E-state index contributed by atoms with van der Waals surface area (Å²) in [5.74, 6) is 0.691. The highest BCUT2D eigenvalue weighted by Gasteiger charge is 2.25. The molecule has 0 N–H and O–H groups in total. The van der Waals surface area contributed by atoms with Gasteiger partial charge in [-0.15, -0.1) is 0 Å². The van der Waals surface area contributed by atoms with Crippen LogP contribution >= 0.6 is 15.9 Å². The fraction of sp³-hybridized carbons (Fsp3) is 0.588. The summed E-state index contributed by atoms with van der Waals surface area (Å²) in [6.45, 7) is 5.57.